The van der Waals surface area contributed by atoms with Crippen LogP contribution in [0, 0.1) is 0 Å². The van der Waals surface area contributed by atoms with Crippen LogP contribution in [0.1, 0.15) is 40.0 Å². The molecule has 0 aromatic heterocycles. The zero-order chi connectivity index (χ0) is 10.2. The quantitative estimate of drug-likeness (QED) is 0.451. The first-order valence-corrected chi connectivity index (χ1v) is 4.57. The van der Waals surface area contributed by atoms with Gasteiger partial charge in [0.05, 0.1) is 0 Å². The molecule has 0 aliphatic heterocycles. The number of aliphatic hydroxyl groups excluding tert-OH is 3. The van der Waals surface area contributed by atoms with Crippen LogP contribution >= 0.6 is 0 Å². The molecule has 0 aliphatic carbocycles. The summed E-state index contributed by atoms with van der Waals surface area (Å²) in [7, 11) is 0. The summed E-state index contributed by atoms with van der Waals surface area (Å²) in [5.41, 5.74) is 0. The van der Waals surface area contributed by atoms with Crippen LogP contribution in [0.15, 0.2) is 0 Å². The molecule has 0 saturated carbocycles. The molecule has 0 heterocycles. The predicted molar refractivity (Wildman–Crippen MR) is 52.1 cm³/mol. The molecule has 0 atom stereocenters. The van der Waals surface area contributed by atoms with E-state index in [2.05, 4.69) is 0 Å². The van der Waals surface area contributed by atoms with Crippen LogP contribution in [0.3, 0.4) is 0 Å². The molecular weight excluding hydrogens is 305 g/mol. The van der Waals surface area contributed by atoms with E-state index in [1.165, 1.54) is 0 Å². The summed E-state index contributed by atoms with van der Waals surface area (Å²) in [6.45, 7) is 6.75. The van der Waals surface area contributed by atoms with Gasteiger partial charge in [0.1, 0.15) is 0 Å². The molecule has 0 amide bonds. The molecule has 0 saturated heterocycles. The van der Waals surface area contributed by atoms with E-state index in [9.17, 15) is 0 Å². The van der Waals surface area contributed by atoms with Crippen molar-refractivity contribution in [3.8, 4) is 0 Å². The van der Waals surface area contributed by atoms with Crippen LogP contribution in [-0.4, -0.2) is 35.1 Å². The first kappa shape index (κ1) is 42.7. The molecule has 0 aromatic rings. The fraction of sp³-hybridized carbons (Fsp3) is 1.00. The third-order valence-electron chi connectivity index (χ3n) is 0.671. The van der Waals surface area contributed by atoms with Crippen molar-refractivity contribution in [1.29, 1.82) is 0 Å². The molecule has 94 valence electrons. The Morgan fingerprint density at radius 2 is 0.625 bits per heavy atom. The third kappa shape index (κ3) is 110. The molecule has 0 spiro atoms. The second-order valence-electron chi connectivity index (χ2n) is 2.17. The maximum Gasteiger partial charge on any atom is 1.00 e. The summed E-state index contributed by atoms with van der Waals surface area (Å²) < 4.78 is 0. The molecule has 0 radical (unpaired) electrons. The third-order valence-corrected chi connectivity index (χ3v) is 0.671. The Labute approximate surface area is 198 Å². The zero-order valence-electron chi connectivity index (χ0n) is 11.3. The standard InChI is InChI=1S/3C3H8O.2ClH.2K/c3*1-2-3-4;;;;/h3*4H,2-3H2,1H3;2*1H;;/q;;;;;2*+1/p-2. The second-order valence-corrected chi connectivity index (χ2v) is 2.17. The van der Waals surface area contributed by atoms with Crippen molar-refractivity contribution in [1.82, 2.24) is 0 Å². The van der Waals surface area contributed by atoms with Crippen LogP contribution < -0.4 is 128 Å². The minimum absolute atomic E-state index is 0. The number of hydrogen-bond acceptors (Lipinski definition) is 3. The molecule has 7 heteroatoms. The van der Waals surface area contributed by atoms with Gasteiger partial charge in [-0.3, -0.25) is 0 Å². The van der Waals surface area contributed by atoms with Crippen molar-refractivity contribution in [3.05, 3.63) is 0 Å². The number of hydrogen-bond donors (Lipinski definition) is 3. The molecular formula is C9H24Cl2K2O3. The summed E-state index contributed by atoms with van der Waals surface area (Å²) in [5.74, 6) is 0. The summed E-state index contributed by atoms with van der Waals surface area (Å²) >= 11 is 0. The Kier molecular flexibility index (Phi) is 166. The average Bonchev–Trinajstić information content (AvgIpc) is 2.18. The van der Waals surface area contributed by atoms with Gasteiger partial charge in [0.2, 0.25) is 0 Å². The van der Waals surface area contributed by atoms with Crippen molar-refractivity contribution in [2.75, 3.05) is 19.8 Å². The number of aliphatic hydroxyl groups is 3. The monoisotopic (exact) mass is 328 g/mol. The van der Waals surface area contributed by atoms with Crippen molar-refractivity contribution in [2.24, 2.45) is 0 Å². The molecule has 0 fully saturated rings. The summed E-state index contributed by atoms with van der Waals surface area (Å²) in [6.07, 6.45) is 2.62. The van der Waals surface area contributed by atoms with Gasteiger partial charge < -0.3 is 40.1 Å². The van der Waals surface area contributed by atoms with E-state index in [0.29, 0.717) is 19.8 Å². The van der Waals surface area contributed by atoms with E-state index in [4.69, 9.17) is 15.3 Å². The van der Waals surface area contributed by atoms with Gasteiger partial charge in [-0.25, -0.2) is 0 Å². The molecule has 0 unspecified atom stereocenters. The minimum Gasteiger partial charge on any atom is -1.00 e. The minimum atomic E-state index is 0. The van der Waals surface area contributed by atoms with Gasteiger partial charge >= 0.3 is 103 Å². The van der Waals surface area contributed by atoms with E-state index in [1.807, 2.05) is 20.8 Å². The van der Waals surface area contributed by atoms with Crippen LogP contribution in [0.2, 0.25) is 0 Å². The molecule has 0 bridgehead atoms. The fourth-order valence-corrected chi connectivity index (χ4v) is 0. The fourth-order valence-electron chi connectivity index (χ4n) is 0. The van der Waals surface area contributed by atoms with Gasteiger partial charge in [0.25, 0.3) is 0 Å². The van der Waals surface area contributed by atoms with Gasteiger partial charge in [0, 0.05) is 19.8 Å². The van der Waals surface area contributed by atoms with Gasteiger partial charge in [-0.1, -0.05) is 20.8 Å². The first-order valence-electron chi connectivity index (χ1n) is 4.57. The van der Waals surface area contributed by atoms with E-state index >= 15 is 0 Å². The molecule has 3 N–H and O–H groups in total. The van der Waals surface area contributed by atoms with Crippen LogP contribution in [0.5, 0.6) is 0 Å². The first-order chi connectivity index (χ1) is 5.74. The van der Waals surface area contributed by atoms with Crippen molar-refractivity contribution < 1.29 is 143 Å². The van der Waals surface area contributed by atoms with E-state index < -0.39 is 0 Å². The Morgan fingerprint density at radius 1 is 0.562 bits per heavy atom. The smallest absolute Gasteiger partial charge is 1.00 e. The predicted octanol–water partition coefficient (Wildman–Crippen LogP) is -10.8. The van der Waals surface area contributed by atoms with Crippen molar-refractivity contribution in [2.45, 2.75) is 40.0 Å². The SMILES string of the molecule is CCCO.CCCO.CCCO.[Cl-].[Cl-].[K+].[K+]. The molecule has 0 rings (SSSR count). The van der Waals surface area contributed by atoms with Crippen LogP contribution in [0.4, 0.5) is 0 Å². The Hall–Kier alpha value is 3.73. The Morgan fingerprint density at radius 3 is 0.625 bits per heavy atom. The number of rotatable bonds is 3. The molecule has 0 aromatic carbocycles. The van der Waals surface area contributed by atoms with Gasteiger partial charge in [-0.05, 0) is 19.3 Å². The molecule has 3 nitrogen and oxygen atoms in total. The van der Waals surface area contributed by atoms with Crippen LogP contribution in [-0.2, 0) is 0 Å². The van der Waals surface area contributed by atoms with Crippen LogP contribution in [0.25, 0.3) is 0 Å². The Bertz CT molecular complexity index is 42.2. The normalized spacial score (nSPS) is 5.62. The van der Waals surface area contributed by atoms with Gasteiger partial charge in [-0.2, -0.15) is 0 Å². The maximum absolute atomic E-state index is 7.88. The maximum atomic E-state index is 7.88. The van der Waals surface area contributed by atoms with E-state index in [0.717, 1.165) is 19.3 Å². The summed E-state index contributed by atoms with van der Waals surface area (Å²) in [5, 5.41) is 23.6. The van der Waals surface area contributed by atoms with Crippen molar-refractivity contribution in [3.63, 3.8) is 0 Å². The van der Waals surface area contributed by atoms with Gasteiger partial charge in [-0.15, -0.1) is 0 Å². The second kappa shape index (κ2) is 62.2. The Balaban J connectivity index is -0.0000000135. The summed E-state index contributed by atoms with van der Waals surface area (Å²) in [6, 6.07) is 0. The van der Waals surface area contributed by atoms with Gasteiger partial charge in [0.15, 0.2) is 0 Å². The van der Waals surface area contributed by atoms with Crippen molar-refractivity contribution >= 4 is 0 Å². The summed E-state index contributed by atoms with van der Waals surface area (Å²) in [4.78, 5) is 0. The van der Waals surface area contributed by atoms with E-state index in [-0.39, 0.29) is 128 Å². The zero-order valence-corrected chi connectivity index (χ0v) is 19.1. The molecule has 16 heavy (non-hydrogen) atoms. The average molecular weight is 329 g/mol. The molecule has 0 aliphatic rings. The van der Waals surface area contributed by atoms with E-state index in [1.54, 1.807) is 0 Å². The number of halogens is 2. The largest absolute Gasteiger partial charge is 1.00 e. The topological polar surface area (TPSA) is 60.7 Å².